The molecule has 1 unspecified atom stereocenters. The van der Waals surface area contributed by atoms with Crippen molar-refractivity contribution in [2.45, 2.75) is 13.1 Å². The van der Waals surface area contributed by atoms with Crippen LogP contribution >= 0.6 is 0 Å². The van der Waals surface area contributed by atoms with Gasteiger partial charge in [0.05, 0.1) is 5.69 Å². The zero-order chi connectivity index (χ0) is 20.1. The largest absolute Gasteiger partial charge is 0.348 e. The summed E-state index contributed by atoms with van der Waals surface area (Å²) in [5.41, 5.74) is 2.26. The third-order valence-electron chi connectivity index (χ3n) is 4.76. The van der Waals surface area contributed by atoms with Gasteiger partial charge in [-0.3, -0.25) is 19.7 Å². The van der Waals surface area contributed by atoms with Crippen molar-refractivity contribution in [3.63, 3.8) is 0 Å². The third kappa shape index (κ3) is 4.61. The smallest absolute Gasteiger partial charge is 0.180 e. The fourth-order valence-corrected chi connectivity index (χ4v) is 3.32. The molecule has 8 nitrogen and oxygen atoms in total. The van der Waals surface area contributed by atoms with E-state index in [1.807, 2.05) is 36.4 Å². The second-order valence-electron chi connectivity index (χ2n) is 6.86. The van der Waals surface area contributed by atoms with Crippen LogP contribution in [-0.2, 0) is 4.79 Å². The first-order chi connectivity index (χ1) is 14.2. The van der Waals surface area contributed by atoms with Crippen molar-refractivity contribution < 1.29 is 4.79 Å². The number of Topliss-reactive ketones (excluding diaryl/α,β-unsaturated/α-hetero) is 1. The molecule has 148 valence electrons. The van der Waals surface area contributed by atoms with E-state index in [2.05, 4.69) is 35.5 Å². The fourth-order valence-electron chi connectivity index (χ4n) is 3.32. The summed E-state index contributed by atoms with van der Waals surface area (Å²) < 4.78 is 0. The molecule has 29 heavy (non-hydrogen) atoms. The van der Waals surface area contributed by atoms with Gasteiger partial charge in [-0.1, -0.05) is 6.07 Å². The minimum absolute atomic E-state index is 0.0489. The number of nitrogens with zero attached hydrogens (tertiary/aromatic N) is 5. The summed E-state index contributed by atoms with van der Waals surface area (Å²) in [7, 11) is 0. The summed E-state index contributed by atoms with van der Waals surface area (Å²) in [6.45, 7) is 4.91. The van der Waals surface area contributed by atoms with Crippen LogP contribution in [0.2, 0.25) is 0 Å². The molecule has 1 saturated heterocycles. The van der Waals surface area contributed by atoms with Crippen LogP contribution in [0.4, 0.5) is 5.82 Å². The molecule has 4 heterocycles. The Morgan fingerprint density at radius 1 is 1.10 bits per heavy atom. The van der Waals surface area contributed by atoms with Gasteiger partial charge in [-0.25, -0.2) is 9.97 Å². The lowest BCUT2D eigenvalue weighted by atomic mass is 10.2. The van der Waals surface area contributed by atoms with Gasteiger partial charge in [0.15, 0.2) is 11.6 Å². The van der Waals surface area contributed by atoms with Crippen molar-refractivity contribution in [1.29, 1.82) is 0 Å². The van der Waals surface area contributed by atoms with E-state index in [4.69, 9.17) is 0 Å². The quantitative estimate of drug-likeness (QED) is 0.659. The molecule has 3 aromatic rings. The molecule has 8 heteroatoms. The number of aromatic nitrogens is 4. The van der Waals surface area contributed by atoms with Crippen LogP contribution in [0.25, 0.3) is 22.8 Å². The van der Waals surface area contributed by atoms with Gasteiger partial charge in [0.1, 0.15) is 17.7 Å². The molecule has 0 aromatic carbocycles. The monoisotopic (exact) mass is 389 g/mol. The van der Waals surface area contributed by atoms with Crippen LogP contribution in [0, 0.1) is 0 Å². The fraction of sp³-hybridized carbons (Fsp3) is 0.286. The van der Waals surface area contributed by atoms with Gasteiger partial charge in [0.2, 0.25) is 0 Å². The molecule has 1 aliphatic rings. The Labute approximate surface area is 169 Å². The Hall–Kier alpha value is -3.23. The highest BCUT2D eigenvalue weighted by atomic mass is 16.1. The number of hydrogen-bond acceptors (Lipinski definition) is 8. The first-order valence-corrected chi connectivity index (χ1v) is 9.63. The highest BCUT2D eigenvalue weighted by molar-refractivity contribution is 5.84. The van der Waals surface area contributed by atoms with Crippen molar-refractivity contribution in [3.05, 3.63) is 55.0 Å². The maximum Gasteiger partial charge on any atom is 0.180 e. The number of nitrogens with one attached hydrogen (secondary N) is 2. The lowest BCUT2D eigenvalue weighted by Crippen LogP contribution is -2.53. The van der Waals surface area contributed by atoms with Gasteiger partial charge >= 0.3 is 0 Å². The zero-order valence-corrected chi connectivity index (χ0v) is 16.2. The van der Waals surface area contributed by atoms with Gasteiger partial charge in [-0.2, -0.15) is 0 Å². The van der Waals surface area contributed by atoms with Crippen LogP contribution < -0.4 is 10.6 Å². The number of anilines is 1. The number of pyridine rings is 2. The van der Waals surface area contributed by atoms with E-state index in [1.165, 1.54) is 0 Å². The summed E-state index contributed by atoms with van der Waals surface area (Å²) >= 11 is 0. The average Bonchev–Trinajstić information content (AvgIpc) is 2.79. The Kier molecular flexibility index (Phi) is 5.83. The molecule has 0 bridgehead atoms. The molecule has 0 saturated carbocycles. The normalized spacial score (nSPS) is 15.6. The molecule has 3 aromatic heterocycles. The second kappa shape index (κ2) is 8.85. The minimum Gasteiger partial charge on any atom is -0.348 e. The standard InChI is InChI=1S/C21H23N7O/c1-15(29)21(28-11-9-22-10-12-28)27-19-13-18(16-5-4-7-23-14-16)25-20(26-19)17-6-2-3-8-24-17/h2-8,13-14,21-22H,9-12H2,1H3,(H,25,26,27). The van der Waals surface area contributed by atoms with Gasteiger partial charge in [-0.15, -0.1) is 0 Å². The lowest BCUT2D eigenvalue weighted by molar-refractivity contribution is -0.121. The molecule has 1 aliphatic heterocycles. The van der Waals surface area contributed by atoms with E-state index < -0.39 is 6.17 Å². The first kappa shape index (κ1) is 19.1. The Bertz CT molecular complexity index is 902. The Morgan fingerprint density at radius 2 is 1.97 bits per heavy atom. The zero-order valence-electron chi connectivity index (χ0n) is 16.2. The van der Waals surface area contributed by atoms with E-state index >= 15 is 0 Å². The van der Waals surface area contributed by atoms with Crippen molar-refractivity contribution in [2.75, 3.05) is 31.5 Å². The second-order valence-corrected chi connectivity index (χ2v) is 6.86. The van der Waals surface area contributed by atoms with Crippen molar-refractivity contribution in [3.8, 4) is 22.8 Å². The van der Waals surface area contributed by atoms with Crippen LogP contribution in [-0.4, -0.2) is 63.0 Å². The summed E-state index contributed by atoms with van der Waals surface area (Å²) in [6.07, 6.45) is 4.75. The van der Waals surface area contributed by atoms with E-state index in [9.17, 15) is 4.79 Å². The summed E-state index contributed by atoms with van der Waals surface area (Å²) in [6, 6.07) is 11.3. The van der Waals surface area contributed by atoms with Crippen molar-refractivity contribution in [2.24, 2.45) is 0 Å². The molecule has 1 fully saturated rings. The third-order valence-corrected chi connectivity index (χ3v) is 4.76. The first-order valence-electron chi connectivity index (χ1n) is 9.63. The molecule has 4 rings (SSSR count). The Morgan fingerprint density at radius 3 is 2.66 bits per heavy atom. The SMILES string of the molecule is CC(=O)C(Nc1cc(-c2cccnc2)nc(-c2ccccn2)n1)N1CCNCC1. The van der Waals surface area contributed by atoms with E-state index in [0.717, 1.165) is 37.4 Å². The van der Waals surface area contributed by atoms with Crippen molar-refractivity contribution >= 4 is 11.6 Å². The minimum atomic E-state index is -0.440. The van der Waals surface area contributed by atoms with Crippen molar-refractivity contribution in [1.82, 2.24) is 30.2 Å². The van der Waals surface area contributed by atoms with Crippen LogP contribution in [0.3, 0.4) is 0 Å². The molecular formula is C21H23N7O. The predicted molar refractivity (Wildman–Crippen MR) is 111 cm³/mol. The molecule has 0 radical (unpaired) electrons. The van der Waals surface area contributed by atoms with Crippen LogP contribution in [0.5, 0.6) is 0 Å². The summed E-state index contributed by atoms with van der Waals surface area (Å²) in [5, 5.41) is 6.63. The topological polar surface area (TPSA) is 95.9 Å². The number of piperazine rings is 1. The van der Waals surface area contributed by atoms with Crippen LogP contribution in [0.15, 0.2) is 55.0 Å². The van der Waals surface area contributed by atoms with E-state index in [0.29, 0.717) is 17.3 Å². The highest BCUT2D eigenvalue weighted by Gasteiger charge is 2.25. The average molecular weight is 389 g/mol. The van der Waals surface area contributed by atoms with E-state index in [1.54, 1.807) is 25.5 Å². The number of hydrogen-bond donors (Lipinski definition) is 2. The molecular weight excluding hydrogens is 366 g/mol. The van der Waals surface area contributed by atoms with Crippen LogP contribution in [0.1, 0.15) is 6.92 Å². The molecule has 0 aliphatic carbocycles. The highest BCUT2D eigenvalue weighted by Crippen LogP contribution is 2.23. The maximum atomic E-state index is 12.4. The molecule has 2 N–H and O–H groups in total. The molecule has 0 spiro atoms. The molecule has 0 amide bonds. The number of ketones is 1. The maximum absolute atomic E-state index is 12.4. The summed E-state index contributed by atoms with van der Waals surface area (Å²) in [5.74, 6) is 1.13. The number of carbonyl (C=O) groups excluding carboxylic acids is 1. The van der Waals surface area contributed by atoms with Gasteiger partial charge in [-0.05, 0) is 31.2 Å². The van der Waals surface area contributed by atoms with Gasteiger partial charge in [0, 0.05) is 56.4 Å². The Balaban J connectivity index is 1.72. The van der Waals surface area contributed by atoms with Gasteiger partial charge in [0.25, 0.3) is 0 Å². The van der Waals surface area contributed by atoms with Gasteiger partial charge < -0.3 is 10.6 Å². The summed E-state index contributed by atoms with van der Waals surface area (Å²) in [4.78, 5) is 32.4. The van der Waals surface area contributed by atoms with E-state index in [-0.39, 0.29) is 5.78 Å². The number of rotatable bonds is 6. The molecule has 1 atom stereocenters. The predicted octanol–water partition coefficient (Wildman–Crippen LogP) is 1.83. The number of carbonyl (C=O) groups is 1. The lowest BCUT2D eigenvalue weighted by Gasteiger charge is -2.34.